The number of hydrogen-bond acceptors (Lipinski definition) is 3. The first-order chi connectivity index (χ1) is 12.0. The SMILES string of the molecule is CC(C)NC(=O)c1cccc(CNC(=O)CO[C@H]2CCCC[C@H]2C)c1. The molecular weight excluding hydrogens is 316 g/mol. The summed E-state index contributed by atoms with van der Waals surface area (Å²) in [6.45, 7) is 6.54. The van der Waals surface area contributed by atoms with Gasteiger partial charge < -0.3 is 15.4 Å². The average molecular weight is 346 g/mol. The van der Waals surface area contributed by atoms with Gasteiger partial charge in [-0.2, -0.15) is 0 Å². The zero-order valence-electron chi connectivity index (χ0n) is 15.5. The summed E-state index contributed by atoms with van der Waals surface area (Å²) in [6, 6.07) is 7.40. The van der Waals surface area contributed by atoms with E-state index in [2.05, 4.69) is 17.6 Å². The lowest BCUT2D eigenvalue weighted by molar-refractivity contribution is -0.129. The van der Waals surface area contributed by atoms with E-state index in [-0.39, 0.29) is 30.6 Å². The smallest absolute Gasteiger partial charge is 0.251 e. The second-order valence-electron chi connectivity index (χ2n) is 7.22. The van der Waals surface area contributed by atoms with Crippen LogP contribution in [0.5, 0.6) is 0 Å². The minimum Gasteiger partial charge on any atom is -0.368 e. The van der Waals surface area contributed by atoms with E-state index in [1.807, 2.05) is 32.0 Å². The Balaban J connectivity index is 1.78. The van der Waals surface area contributed by atoms with Gasteiger partial charge in [-0.3, -0.25) is 9.59 Å². The normalized spacial score (nSPS) is 20.3. The Bertz CT molecular complexity index is 586. The molecule has 0 unspecified atom stereocenters. The molecule has 0 spiro atoms. The van der Waals surface area contributed by atoms with Gasteiger partial charge in [0.25, 0.3) is 5.91 Å². The highest BCUT2D eigenvalue weighted by Gasteiger charge is 2.22. The highest BCUT2D eigenvalue weighted by molar-refractivity contribution is 5.94. The summed E-state index contributed by atoms with van der Waals surface area (Å²) in [5.74, 6) is 0.310. The molecule has 0 heterocycles. The van der Waals surface area contributed by atoms with E-state index in [0.29, 0.717) is 18.0 Å². The van der Waals surface area contributed by atoms with Crippen LogP contribution < -0.4 is 10.6 Å². The quantitative estimate of drug-likeness (QED) is 0.797. The Kier molecular flexibility index (Phi) is 7.44. The van der Waals surface area contributed by atoms with Gasteiger partial charge in [0.1, 0.15) is 6.61 Å². The molecule has 0 radical (unpaired) electrons. The van der Waals surface area contributed by atoms with Crippen molar-refractivity contribution in [3.8, 4) is 0 Å². The molecular formula is C20H30N2O3. The predicted molar refractivity (Wildman–Crippen MR) is 98.3 cm³/mol. The molecule has 0 aromatic heterocycles. The van der Waals surface area contributed by atoms with Crippen molar-refractivity contribution in [1.82, 2.24) is 10.6 Å². The van der Waals surface area contributed by atoms with E-state index in [9.17, 15) is 9.59 Å². The molecule has 1 aromatic carbocycles. The molecule has 138 valence electrons. The van der Waals surface area contributed by atoms with Gasteiger partial charge in [0, 0.05) is 18.2 Å². The van der Waals surface area contributed by atoms with Crippen molar-refractivity contribution in [2.75, 3.05) is 6.61 Å². The number of carbonyl (C=O) groups excluding carboxylic acids is 2. The first-order valence-corrected chi connectivity index (χ1v) is 9.24. The zero-order chi connectivity index (χ0) is 18.2. The molecule has 5 nitrogen and oxygen atoms in total. The Morgan fingerprint density at radius 3 is 2.72 bits per heavy atom. The molecule has 2 atom stereocenters. The third-order valence-electron chi connectivity index (χ3n) is 4.56. The Morgan fingerprint density at radius 2 is 2.00 bits per heavy atom. The van der Waals surface area contributed by atoms with E-state index in [0.717, 1.165) is 12.0 Å². The summed E-state index contributed by atoms with van der Waals surface area (Å²) in [5, 5.41) is 5.73. The Hall–Kier alpha value is -1.88. The molecule has 1 aliphatic rings. The molecule has 2 rings (SSSR count). The number of ether oxygens (including phenoxy) is 1. The molecule has 1 fully saturated rings. The van der Waals surface area contributed by atoms with Gasteiger partial charge in [0.05, 0.1) is 6.10 Å². The van der Waals surface area contributed by atoms with Crippen LogP contribution in [0.1, 0.15) is 62.4 Å². The second kappa shape index (κ2) is 9.56. The predicted octanol–water partition coefficient (Wildman–Crippen LogP) is 3.04. The van der Waals surface area contributed by atoms with Crippen LogP contribution in [0.4, 0.5) is 0 Å². The molecule has 1 aliphatic carbocycles. The summed E-state index contributed by atoms with van der Waals surface area (Å²) >= 11 is 0. The molecule has 0 bridgehead atoms. The van der Waals surface area contributed by atoms with Gasteiger partial charge in [0.15, 0.2) is 0 Å². The maximum Gasteiger partial charge on any atom is 0.251 e. The van der Waals surface area contributed by atoms with Crippen LogP contribution in [0, 0.1) is 5.92 Å². The molecule has 1 saturated carbocycles. The standard InChI is InChI=1S/C20H30N2O3/c1-14(2)22-20(24)17-9-6-8-16(11-17)12-21-19(23)13-25-18-10-5-4-7-15(18)3/h6,8-9,11,14-15,18H,4-5,7,10,12-13H2,1-3H3,(H,21,23)(H,22,24)/t15-,18+/m1/s1. The fourth-order valence-corrected chi connectivity index (χ4v) is 3.13. The molecule has 0 aliphatic heterocycles. The van der Waals surface area contributed by atoms with Crippen molar-refractivity contribution in [3.63, 3.8) is 0 Å². The highest BCUT2D eigenvalue weighted by Crippen LogP contribution is 2.26. The minimum absolute atomic E-state index is 0.0928. The molecule has 5 heteroatoms. The third kappa shape index (κ3) is 6.50. The highest BCUT2D eigenvalue weighted by atomic mass is 16.5. The first-order valence-electron chi connectivity index (χ1n) is 9.24. The van der Waals surface area contributed by atoms with Gasteiger partial charge >= 0.3 is 0 Å². The zero-order valence-corrected chi connectivity index (χ0v) is 15.5. The van der Waals surface area contributed by atoms with Crippen molar-refractivity contribution in [1.29, 1.82) is 0 Å². The van der Waals surface area contributed by atoms with Crippen molar-refractivity contribution >= 4 is 11.8 Å². The van der Waals surface area contributed by atoms with Crippen LogP contribution in [0.2, 0.25) is 0 Å². The van der Waals surface area contributed by atoms with E-state index >= 15 is 0 Å². The summed E-state index contributed by atoms with van der Waals surface area (Å²) in [5.41, 5.74) is 1.50. The van der Waals surface area contributed by atoms with Crippen molar-refractivity contribution in [3.05, 3.63) is 35.4 Å². The van der Waals surface area contributed by atoms with Crippen molar-refractivity contribution < 1.29 is 14.3 Å². The van der Waals surface area contributed by atoms with Gasteiger partial charge in [-0.05, 0) is 50.3 Å². The summed E-state index contributed by atoms with van der Waals surface area (Å²) < 4.78 is 5.77. The summed E-state index contributed by atoms with van der Waals surface area (Å²) in [7, 11) is 0. The summed E-state index contributed by atoms with van der Waals surface area (Å²) in [6.07, 6.45) is 4.86. The number of benzene rings is 1. The number of amides is 2. The lowest BCUT2D eigenvalue weighted by Gasteiger charge is -2.28. The van der Waals surface area contributed by atoms with Crippen molar-refractivity contribution in [2.45, 2.75) is 65.1 Å². The Morgan fingerprint density at radius 1 is 1.24 bits per heavy atom. The van der Waals surface area contributed by atoms with Gasteiger partial charge in [0.2, 0.25) is 5.91 Å². The molecule has 0 saturated heterocycles. The third-order valence-corrected chi connectivity index (χ3v) is 4.56. The molecule has 25 heavy (non-hydrogen) atoms. The van der Waals surface area contributed by atoms with Crippen LogP contribution in [-0.4, -0.2) is 30.6 Å². The maximum absolute atomic E-state index is 12.0. The number of carbonyl (C=O) groups is 2. The van der Waals surface area contributed by atoms with Crippen molar-refractivity contribution in [2.24, 2.45) is 5.92 Å². The topological polar surface area (TPSA) is 67.4 Å². The Labute approximate surface area is 150 Å². The van der Waals surface area contributed by atoms with E-state index in [4.69, 9.17) is 4.74 Å². The maximum atomic E-state index is 12.0. The van der Waals surface area contributed by atoms with Crippen LogP contribution in [0.3, 0.4) is 0 Å². The average Bonchev–Trinajstić information content (AvgIpc) is 2.59. The monoisotopic (exact) mass is 346 g/mol. The lowest BCUT2D eigenvalue weighted by Crippen LogP contribution is -2.33. The van der Waals surface area contributed by atoms with Gasteiger partial charge in [-0.15, -0.1) is 0 Å². The summed E-state index contributed by atoms with van der Waals surface area (Å²) in [4.78, 5) is 24.0. The molecule has 1 aromatic rings. The molecule has 2 amide bonds. The van der Waals surface area contributed by atoms with Gasteiger partial charge in [-0.25, -0.2) is 0 Å². The number of nitrogens with one attached hydrogen (secondary N) is 2. The number of rotatable bonds is 7. The number of hydrogen-bond donors (Lipinski definition) is 2. The van der Waals surface area contributed by atoms with E-state index < -0.39 is 0 Å². The fraction of sp³-hybridized carbons (Fsp3) is 0.600. The van der Waals surface area contributed by atoms with Crippen LogP contribution >= 0.6 is 0 Å². The van der Waals surface area contributed by atoms with Gasteiger partial charge in [-0.1, -0.05) is 31.9 Å². The molecule has 2 N–H and O–H groups in total. The fourth-order valence-electron chi connectivity index (χ4n) is 3.13. The van der Waals surface area contributed by atoms with Crippen LogP contribution in [-0.2, 0) is 16.1 Å². The largest absolute Gasteiger partial charge is 0.368 e. The van der Waals surface area contributed by atoms with Crippen LogP contribution in [0.15, 0.2) is 24.3 Å². The second-order valence-corrected chi connectivity index (χ2v) is 7.22. The van der Waals surface area contributed by atoms with E-state index in [1.165, 1.54) is 19.3 Å². The minimum atomic E-state index is -0.116. The van der Waals surface area contributed by atoms with Crippen LogP contribution in [0.25, 0.3) is 0 Å². The van der Waals surface area contributed by atoms with E-state index in [1.54, 1.807) is 6.07 Å². The first kappa shape index (κ1) is 19.4. The lowest BCUT2D eigenvalue weighted by atomic mass is 9.88.